The molecule has 1 aliphatic heterocycles. The van der Waals surface area contributed by atoms with Crippen molar-refractivity contribution in [2.24, 2.45) is 11.8 Å². The average molecular weight is 304 g/mol. The summed E-state index contributed by atoms with van der Waals surface area (Å²) in [5.74, 6) is -2.36. The van der Waals surface area contributed by atoms with Crippen molar-refractivity contribution in [3.8, 4) is 0 Å². The van der Waals surface area contributed by atoms with Crippen LogP contribution in [0.4, 0.5) is 0 Å². The van der Waals surface area contributed by atoms with Crippen LogP contribution >= 0.6 is 0 Å². The van der Waals surface area contributed by atoms with Gasteiger partial charge in [-0.3, -0.25) is 9.59 Å². The van der Waals surface area contributed by atoms with Crippen LogP contribution in [-0.4, -0.2) is 52.0 Å². The van der Waals surface area contributed by atoms with Gasteiger partial charge in [0.05, 0.1) is 24.0 Å². The maximum Gasteiger partial charge on any atom is 0.314 e. The monoisotopic (exact) mass is 304 g/mol. The molecule has 1 heterocycles. The first-order chi connectivity index (χ1) is 10.1. The molecule has 4 unspecified atom stereocenters. The molecule has 0 aliphatic carbocycles. The van der Waals surface area contributed by atoms with Gasteiger partial charge in [0.2, 0.25) is 0 Å². The van der Waals surface area contributed by atoms with Gasteiger partial charge in [-0.25, -0.2) is 0 Å². The molecule has 7 nitrogen and oxygen atoms in total. The van der Waals surface area contributed by atoms with Gasteiger partial charge >= 0.3 is 11.9 Å². The van der Waals surface area contributed by atoms with Crippen molar-refractivity contribution in [2.45, 2.75) is 38.9 Å². The predicted octanol–water partition coefficient (Wildman–Crippen LogP) is 1.10. The second-order valence-electron chi connectivity index (χ2n) is 4.82. The van der Waals surface area contributed by atoms with E-state index in [9.17, 15) is 9.59 Å². The van der Waals surface area contributed by atoms with Crippen LogP contribution in [0.5, 0.6) is 0 Å². The Morgan fingerprint density at radius 2 is 1.24 bits per heavy atom. The zero-order chi connectivity index (χ0) is 15.8. The molecule has 0 N–H and O–H groups in total. The molecule has 0 bridgehead atoms. The molecule has 1 aliphatic rings. The van der Waals surface area contributed by atoms with Gasteiger partial charge in [0.15, 0.2) is 13.6 Å². The Bertz CT molecular complexity index is 312. The first kappa shape index (κ1) is 17.9. The van der Waals surface area contributed by atoms with Crippen LogP contribution in [0.3, 0.4) is 0 Å². The molecular weight excluding hydrogens is 280 g/mol. The summed E-state index contributed by atoms with van der Waals surface area (Å²) in [7, 11) is 2.85. The lowest BCUT2D eigenvalue weighted by Gasteiger charge is -2.20. The van der Waals surface area contributed by atoms with Gasteiger partial charge in [-0.15, -0.1) is 0 Å². The SMILES string of the molecule is CCC1OC(CC)C(C(=O)OCOC)C1C(=O)OCOC. The van der Waals surface area contributed by atoms with Crippen LogP contribution in [0.15, 0.2) is 0 Å². The number of carbonyl (C=O) groups excluding carboxylic acids is 2. The highest BCUT2D eigenvalue weighted by Crippen LogP contribution is 2.37. The average Bonchev–Trinajstić information content (AvgIpc) is 2.88. The topological polar surface area (TPSA) is 80.3 Å². The van der Waals surface area contributed by atoms with Gasteiger partial charge in [0.25, 0.3) is 0 Å². The number of esters is 2. The largest absolute Gasteiger partial charge is 0.438 e. The van der Waals surface area contributed by atoms with Crippen LogP contribution in [0.1, 0.15) is 26.7 Å². The lowest BCUT2D eigenvalue weighted by atomic mass is 9.85. The fourth-order valence-corrected chi connectivity index (χ4v) is 2.58. The third-order valence-electron chi connectivity index (χ3n) is 3.52. The summed E-state index contributed by atoms with van der Waals surface area (Å²) < 4.78 is 25.3. The summed E-state index contributed by atoms with van der Waals surface area (Å²) in [5, 5.41) is 0. The van der Waals surface area contributed by atoms with Crippen molar-refractivity contribution in [2.75, 3.05) is 27.8 Å². The van der Waals surface area contributed by atoms with Gasteiger partial charge in [0.1, 0.15) is 0 Å². The van der Waals surface area contributed by atoms with Crippen molar-refractivity contribution < 1.29 is 33.3 Å². The van der Waals surface area contributed by atoms with Crippen molar-refractivity contribution in [1.82, 2.24) is 0 Å². The Hall–Kier alpha value is -1.18. The highest BCUT2D eigenvalue weighted by molar-refractivity contribution is 5.83. The van der Waals surface area contributed by atoms with E-state index in [0.717, 1.165) is 0 Å². The molecule has 1 rings (SSSR count). The van der Waals surface area contributed by atoms with E-state index in [-0.39, 0.29) is 25.8 Å². The minimum absolute atomic E-state index is 0.150. The van der Waals surface area contributed by atoms with E-state index in [0.29, 0.717) is 12.8 Å². The van der Waals surface area contributed by atoms with E-state index in [2.05, 4.69) is 0 Å². The molecule has 0 spiro atoms. The molecule has 0 aromatic carbocycles. The number of ether oxygens (including phenoxy) is 5. The minimum Gasteiger partial charge on any atom is -0.438 e. The Morgan fingerprint density at radius 3 is 1.52 bits per heavy atom. The maximum absolute atomic E-state index is 12.2. The summed E-state index contributed by atoms with van der Waals surface area (Å²) in [6.45, 7) is 3.50. The van der Waals surface area contributed by atoms with E-state index in [4.69, 9.17) is 23.7 Å². The molecule has 4 atom stereocenters. The normalized spacial score (nSPS) is 28.4. The van der Waals surface area contributed by atoms with E-state index in [1.165, 1.54) is 14.2 Å². The zero-order valence-corrected chi connectivity index (χ0v) is 13.0. The van der Waals surface area contributed by atoms with Gasteiger partial charge in [0, 0.05) is 14.2 Å². The predicted molar refractivity (Wildman–Crippen MR) is 72.2 cm³/mol. The minimum atomic E-state index is -0.681. The molecule has 21 heavy (non-hydrogen) atoms. The molecule has 1 fully saturated rings. The standard InChI is InChI=1S/C14H24O7/c1-5-9-11(13(15)19-7-17-3)12(10(6-2)21-9)14(16)20-8-18-4/h9-12H,5-8H2,1-4H3. The van der Waals surface area contributed by atoms with E-state index in [1.807, 2.05) is 13.8 Å². The Labute approximate surface area is 124 Å². The van der Waals surface area contributed by atoms with Gasteiger partial charge in [-0.05, 0) is 12.8 Å². The van der Waals surface area contributed by atoms with E-state index < -0.39 is 23.8 Å². The maximum atomic E-state index is 12.2. The molecule has 1 saturated heterocycles. The smallest absolute Gasteiger partial charge is 0.314 e. The second kappa shape index (κ2) is 8.96. The lowest BCUT2D eigenvalue weighted by Crippen LogP contribution is -2.37. The van der Waals surface area contributed by atoms with Gasteiger partial charge < -0.3 is 23.7 Å². The Morgan fingerprint density at radius 1 is 0.857 bits per heavy atom. The fourth-order valence-electron chi connectivity index (χ4n) is 2.58. The van der Waals surface area contributed by atoms with Crippen molar-refractivity contribution in [3.05, 3.63) is 0 Å². The van der Waals surface area contributed by atoms with Crippen molar-refractivity contribution >= 4 is 11.9 Å². The lowest BCUT2D eigenvalue weighted by molar-refractivity contribution is -0.171. The number of methoxy groups -OCH3 is 2. The second-order valence-corrected chi connectivity index (χ2v) is 4.82. The molecule has 122 valence electrons. The van der Waals surface area contributed by atoms with E-state index >= 15 is 0 Å². The molecule has 0 aromatic rings. The van der Waals surface area contributed by atoms with Gasteiger partial charge in [-0.1, -0.05) is 13.8 Å². The zero-order valence-electron chi connectivity index (χ0n) is 13.0. The van der Waals surface area contributed by atoms with Crippen LogP contribution in [0.25, 0.3) is 0 Å². The van der Waals surface area contributed by atoms with E-state index in [1.54, 1.807) is 0 Å². The molecular formula is C14H24O7. The van der Waals surface area contributed by atoms with Crippen LogP contribution < -0.4 is 0 Å². The molecule has 0 aromatic heterocycles. The highest BCUT2D eigenvalue weighted by Gasteiger charge is 2.52. The number of carbonyl (C=O) groups is 2. The molecule has 0 saturated carbocycles. The third kappa shape index (κ3) is 4.39. The number of rotatable bonds is 8. The fraction of sp³-hybridized carbons (Fsp3) is 0.857. The van der Waals surface area contributed by atoms with Gasteiger partial charge in [-0.2, -0.15) is 0 Å². The van der Waals surface area contributed by atoms with Crippen LogP contribution in [0.2, 0.25) is 0 Å². The Kier molecular flexibility index (Phi) is 7.63. The molecule has 0 radical (unpaired) electrons. The summed E-state index contributed by atoms with van der Waals surface area (Å²) in [6.07, 6.45) is 0.494. The van der Waals surface area contributed by atoms with Crippen LogP contribution in [0, 0.1) is 11.8 Å². The number of hydrogen-bond donors (Lipinski definition) is 0. The summed E-state index contributed by atoms with van der Waals surface area (Å²) in [4.78, 5) is 24.4. The summed E-state index contributed by atoms with van der Waals surface area (Å²) in [6, 6.07) is 0. The molecule has 7 heteroatoms. The van der Waals surface area contributed by atoms with Crippen molar-refractivity contribution in [1.29, 1.82) is 0 Å². The summed E-state index contributed by atoms with van der Waals surface area (Å²) >= 11 is 0. The molecule has 0 amide bonds. The summed E-state index contributed by atoms with van der Waals surface area (Å²) in [5.41, 5.74) is 0. The third-order valence-corrected chi connectivity index (χ3v) is 3.52. The number of hydrogen-bond acceptors (Lipinski definition) is 7. The van der Waals surface area contributed by atoms with Crippen molar-refractivity contribution in [3.63, 3.8) is 0 Å². The Balaban J connectivity index is 2.88. The first-order valence-electron chi connectivity index (χ1n) is 7.07. The highest BCUT2D eigenvalue weighted by atomic mass is 16.7. The van der Waals surface area contributed by atoms with Crippen LogP contribution in [-0.2, 0) is 33.3 Å². The first-order valence-corrected chi connectivity index (χ1v) is 7.07. The quantitative estimate of drug-likeness (QED) is 0.490.